The highest BCUT2D eigenvalue weighted by Gasteiger charge is 2.21. The molecule has 0 aliphatic heterocycles. The molecule has 6 nitrogen and oxygen atoms in total. The molecule has 0 spiro atoms. The van der Waals surface area contributed by atoms with Crippen molar-refractivity contribution in [3.05, 3.63) is 45.4 Å². The van der Waals surface area contributed by atoms with Gasteiger partial charge in [-0.25, -0.2) is 9.78 Å². The summed E-state index contributed by atoms with van der Waals surface area (Å²) in [6.07, 6.45) is 1.41. The number of nitrogens with zero attached hydrogens (tertiary/aromatic N) is 2. The molecule has 1 aromatic carbocycles. The number of aromatic nitrogens is 1. The number of carboxylic acid groups (broad SMARTS) is 1. The minimum absolute atomic E-state index is 0.0702. The number of nitrogens with one attached hydrogen (secondary N) is 1. The molecule has 8 heteroatoms. The zero-order valence-electron chi connectivity index (χ0n) is 13.9. The van der Waals surface area contributed by atoms with Crippen molar-refractivity contribution in [2.45, 2.75) is 6.92 Å². The summed E-state index contributed by atoms with van der Waals surface area (Å²) < 4.78 is 0.967. The van der Waals surface area contributed by atoms with E-state index in [-0.39, 0.29) is 18.0 Å². The molecule has 0 aliphatic carbocycles. The second-order valence-corrected chi connectivity index (χ2v) is 7.43. The summed E-state index contributed by atoms with van der Waals surface area (Å²) in [7, 11) is 0. The van der Waals surface area contributed by atoms with Crippen molar-refractivity contribution in [1.82, 2.24) is 4.98 Å². The van der Waals surface area contributed by atoms with Crippen molar-refractivity contribution < 1.29 is 15.0 Å². The van der Waals surface area contributed by atoms with Gasteiger partial charge in [-0.1, -0.05) is 28.1 Å². The van der Waals surface area contributed by atoms with Crippen LogP contribution in [0.2, 0.25) is 0 Å². The van der Waals surface area contributed by atoms with Crippen molar-refractivity contribution >= 4 is 55.5 Å². The Morgan fingerprint density at radius 1 is 1.38 bits per heavy atom. The van der Waals surface area contributed by atoms with Crippen molar-refractivity contribution in [1.29, 1.82) is 0 Å². The number of aliphatic hydroxyl groups excluding tert-OH is 1. The Morgan fingerprint density at radius 2 is 2.12 bits per heavy atom. The Hall–Kier alpha value is -2.29. The minimum Gasteiger partial charge on any atom is -0.477 e. The third-order valence-corrected chi connectivity index (χ3v) is 5.27. The lowest BCUT2D eigenvalue weighted by Crippen LogP contribution is -2.03. The molecule has 0 aliphatic rings. The van der Waals surface area contributed by atoms with E-state index in [0.29, 0.717) is 10.5 Å². The average Bonchev–Trinajstić information content (AvgIpc) is 2.97. The van der Waals surface area contributed by atoms with Gasteiger partial charge in [0.1, 0.15) is 9.71 Å². The van der Waals surface area contributed by atoms with E-state index in [1.165, 1.54) is 6.34 Å². The van der Waals surface area contributed by atoms with Gasteiger partial charge in [-0.15, -0.1) is 11.3 Å². The summed E-state index contributed by atoms with van der Waals surface area (Å²) in [6.45, 7) is 2.06. The summed E-state index contributed by atoms with van der Waals surface area (Å²) in [5.41, 5.74) is 3.15. The van der Waals surface area contributed by atoms with Crippen LogP contribution in [0.4, 0.5) is 5.69 Å². The van der Waals surface area contributed by atoms with Crippen LogP contribution < -0.4 is 5.32 Å². The van der Waals surface area contributed by atoms with E-state index in [1.807, 2.05) is 37.3 Å². The van der Waals surface area contributed by atoms with Crippen molar-refractivity contribution in [3.8, 4) is 11.1 Å². The molecule has 0 saturated heterocycles. The number of benzene rings is 1. The molecule has 3 rings (SSSR count). The second kappa shape index (κ2) is 7.94. The SMILES string of the molecule is Cc1cc(-c2ccc(Br)cc2)c2c(NC=NCCO)c(C(=O)O)sc2n1. The number of anilines is 1. The van der Waals surface area contributed by atoms with E-state index in [9.17, 15) is 9.90 Å². The van der Waals surface area contributed by atoms with Gasteiger partial charge in [0, 0.05) is 15.6 Å². The number of aliphatic imine (C=N–C) groups is 1. The number of aromatic carboxylic acids is 1. The van der Waals surface area contributed by atoms with Gasteiger partial charge in [-0.2, -0.15) is 0 Å². The predicted molar refractivity (Wildman–Crippen MR) is 109 cm³/mol. The third-order valence-electron chi connectivity index (χ3n) is 3.67. The number of hydrogen-bond donors (Lipinski definition) is 3. The molecule has 3 N–H and O–H groups in total. The zero-order valence-corrected chi connectivity index (χ0v) is 16.3. The summed E-state index contributed by atoms with van der Waals surface area (Å²) in [5.74, 6) is -1.02. The number of pyridine rings is 1. The van der Waals surface area contributed by atoms with E-state index < -0.39 is 5.97 Å². The van der Waals surface area contributed by atoms with Gasteiger partial charge >= 0.3 is 5.97 Å². The molecule has 2 heterocycles. The summed E-state index contributed by atoms with van der Waals surface area (Å²) in [5, 5.41) is 22.1. The fourth-order valence-electron chi connectivity index (χ4n) is 2.60. The Bertz CT molecular complexity index is 984. The van der Waals surface area contributed by atoms with Gasteiger partial charge in [0.25, 0.3) is 0 Å². The lowest BCUT2D eigenvalue weighted by Gasteiger charge is -2.08. The number of thiophene rings is 1. The minimum atomic E-state index is -1.02. The van der Waals surface area contributed by atoms with Gasteiger partial charge in [-0.3, -0.25) is 4.99 Å². The Balaban J connectivity index is 2.23. The third kappa shape index (κ3) is 3.77. The largest absolute Gasteiger partial charge is 0.477 e. The number of carbonyl (C=O) groups is 1. The van der Waals surface area contributed by atoms with Crippen LogP contribution in [-0.4, -0.2) is 40.7 Å². The van der Waals surface area contributed by atoms with Crippen LogP contribution in [-0.2, 0) is 0 Å². The molecule has 0 fully saturated rings. The van der Waals surface area contributed by atoms with Crippen LogP contribution in [0.25, 0.3) is 21.3 Å². The molecular weight excluding hydrogens is 418 g/mol. The van der Waals surface area contributed by atoms with Gasteiger partial charge in [0.2, 0.25) is 0 Å². The molecule has 0 amide bonds. The van der Waals surface area contributed by atoms with Crippen LogP contribution >= 0.6 is 27.3 Å². The number of halogens is 1. The fraction of sp³-hybridized carbons (Fsp3) is 0.167. The molecule has 26 heavy (non-hydrogen) atoms. The zero-order chi connectivity index (χ0) is 18.7. The van der Waals surface area contributed by atoms with E-state index in [2.05, 4.69) is 31.2 Å². The number of rotatable bonds is 6. The highest BCUT2D eigenvalue weighted by Crippen LogP contribution is 2.41. The first-order chi connectivity index (χ1) is 12.5. The van der Waals surface area contributed by atoms with Crippen molar-refractivity contribution in [2.24, 2.45) is 4.99 Å². The molecule has 3 aromatic rings. The standard InChI is InChI=1S/C18H16BrN3O3S/c1-10-8-13(11-2-4-12(19)5-3-11)14-15(21-9-20-6-7-23)16(18(24)25)26-17(14)22-10/h2-5,8-9,23H,6-7H2,1H3,(H,20,21)(H,24,25). The molecule has 0 saturated carbocycles. The number of fused-ring (bicyclic) bond motifs is 1. The Kier molecular flexibility index (Phi) is 5.65. The van der Waals surface area contributed by atoms with E-state index in [0.717, 1.165) is 38.0 Å². The van der Waals surface area contributed by atoms with E-state index in [1.54, 1.807) is 0 Å². The lowest BCUT2D eigenvalue weighted by molar-refractivity contribution is 0.0703. The van der Waals surface area contributed by atoms with Crippen LogP contribution in [0.1, 0.15) is 15.4 Å². The average molecular weight is 434 g/mol. The van der Waals surface area contributed by atoms with Gasteiger partial charge < -0.3 is 15.5 Å². The molecular formula is C18H16BrN3O3S. The molecule has 0 atom stereocenters. The quantitative estimate of drug-likeness (QED) is 0.400. The number of aryl methyl sites for hydroxylation is 1. The van der Waals surface area contributed by atoms with E-state index in [4.69, 9.17) is 5.11 Å². The van der Waals surface area contributed by atoms with Gasteiger partial charge in [-0.05, 0) is 36.2 Å². The topological polar surface area (TPSA) is 94.8 Å². The fourth-order valence-corrected chi connectivity index (χ4v) is 3.91. The summed E-state index contributed by atoms with van der Waals surface area (Å²) in [6, 6.07) is 9.77. The number of aliphatic hydroxyl groups is 1. The molecule has 0 unspecified atom stereocenters. The smallest absolute Gasteiger partial charge is 0.348 e. The second-order valence-electron chi connectivity index (χ2n) is 5.51. The molecule has 2 aromatic heterocycles. The predicted octanol–water partition coefficient (Wildman–Crippen LogP) is 4.16. The molecule has 0 radical (unpaired) electrons. The monoisotopic (exact) mass is 433 g/mol. The maximum absolute atomic E-state index is 11.7. The normalized spacial score (nSPS) is 11.3. The first-order valence-corrected chi connectivity index (χ1v) is 9.41. The maximum atomic E-state index is 11.7. The molecule has 0 bridgehead atoms. The maximum Gasteiger partial charge on any atom is 0.348 e. The Morgan fingerprint density at radius 3 is 2.77 bits per heavy atom. The van der Waals surface area contributed by atoms with Crippen LogP contribution in [0.5, 0.6) is 0 Å². The highest BCUT2D eigenvalue weighted by molar-refractivity contribution is 9.10. The van der Waals surface area contributed by atoms with Gasteiger partial charge in [0.15, 0.2) is 0 Å². The van der Waals surface area contributed by atoms with Gasteiger partial charge in [0.05, 0.1) is 25.2 Å². The van der Waals surface area contributed by atoms with Crippen LogP contribution in [0.15, 0.2) is 39.8 Å². The first kappa shape index (κ1) is 18.5. The summed E-state index contributed by atoms with van der Waals surface area (Å²) in [4.78, 5) is 21.0. The lowest BCUT2D eigenvalue weighted by atomic mass is 10.0. The van der Waals surface area contributed by atoms with Crippen LogP contribution in [0, 0.1) is 6.92 Å². The Labute approximate surface area is 162 Å². The number of carboxylic acids is 1. The number of hydrogen-bond acceptors (Lipinski definition) is 5. The summed E-state index contributed by atoms with van der Waals surface area (Å²) >= 11 is 4.56. The highest BCUT2D eigenvalue weighted by atomic mass is 79.9. The molecule has 134 valence electrons. The van der Waals surface area contributed by atoms with E-state index >= 15 is 0 Å². The van der Waals surface area contributed by atoms with Crippen LogP contribution in [0.3, 0.4) is 0 Å². The van der Waals surface area contributed by atoms with Crippen molar-refractivity contribution in [3.63, 3.8) is 0 Å². The van der Waals surface area contributed by atoms with Crippen molar-refractivity contribution in [2.75, 3.05) is 18.5 Å². The first-order valence-electron chi connectivity index (χ1n) is 7.80.